The zero-order valence-electron chi connectivity index (χ0n) is 8.23. The zero-order valence-corrected chi connectivity index (χ0v) is 8.23. The standard InChI is InChI=1S/C10H5F3N2O2/c11-10(12,13)7-3-4-8-6(2-1-5-14-8)9(7)15(16)17/h1-5H. The summed E-state index contributed by atoms with van der Waals surface area (Å²) in [4.78, 5) is 13.5. The van der Waals surface area contributed by atoms with Crippen LogP contribution in [-0.2, 0) is 6.18 Å². The van der Waals surface area contributed by atoms with Gasteiger partial charge >= 0.3 is 6.18 Å². The van der Waals surface area contributed by atoms with Crippen LogP contribution in [0.1, 0.15) is 5.56 Å². The van der Waals surface area contributed by atoms with E-state index in [4.69, 9.17) is 0 Å². The molecule has 0 unspecified atom stereocenters. The van der Waals surface area contributed by atoms with Crippen molar-refractivity contribution in [2.24, 2.45) is 0 Å². The van der Waals surface area contributed by atoms with Crippen molar-refractivity contribution in [2.75, 3.05) is 0 Å². The fourth-order valence-electron chi connectivity index (χ4n) is 1.56. The average molecular weight is 242 g/mol. The van der Waals surface area contributed by atoms with E-state index in [1.807, 2.05) is 0 Å². The highest BCUT2D eigenvalue weighted by atomic mass is 19.4. The van der Waals surface area contributed by atoms with Crippen molar-refractivity contribution < 1.29 is 18.1 Å². The molecule has 1 aromatic carbocycles. The molecule has 2 aromatic rings. The highest BCUT2D eigenvalue weighted by Gasteiger charge is 2.39. The second-order valence-corrected chi connectivity index (χ2v) is 3.29. The monoisotopic (exact) mass is 242 g/mol. The molecule has 0 aliphatic rings. The van der Waals surface area contributed by atoms with E-state index in [1.54, 1.807) is 0 Å². The maximum atomic E-state index is 12.6. The molecule has 0 saturated carbocycles. The number of pyridine rings is 1. The molecule has 1 aromatic heterocycles. The number of hydrogen-bond acceptors (Lipinski definition) is 3. The number of halogens is 3. The summed E-state index contributed by atoms with van der Waals surface area (Å²) in [6.07, 6.45) is -3.40. The Morgan fingerprint density at radius 1 is 1.24 bits per heavy atom. The Balaban J connectivity index is 2.87. The van der Waals surface area contributed by atoms with Crippen molar-refractivity contribution in [1.29, 1.82) is 0 Å². The second-order valence-electron chi connectivity index (χ2n) is 3.29. The minimum Gasteiger partial charge on any atom is -0.258 e. The molecule has 1 heterocycles. The zero-order chi connectivity index (χ0) is 12.6. The van der Waals surface area contributed by atoms with Gasteiger partial charge in [0.15, 0.2) is 0 Å². The van der Waals surface area contributed by atoms with Crippen molar-refractivity contribution in [3.05, 3.63) is 46.1 Å². The number of nitro groups is 1. The smallest absolute Gasteiger partial charge is 0.258 e. The van der Waals surface area contributed by atoms with Gasteiger partial charge in [0.2, 0.25) is 0 Å². The largest absolute Gasteiger partial charge is 0.423 e. The van der Waals surface area contributed by atoms with Crippen LogP contribution in [0, 0.1) is 10.1 Å². The third kappa shape index (κ3) is 1.91. The van der Waals surface area contributed by atoms with Crippen LogP contribution in [-0.4, -0.2) is 9.91 Å². The van der Waals surface area contributed by atoms with Crippen LogP contribution in [0.3, 0.4) is 0 Å². The lowest BCUT2D eigenvalue weighted by molar-refractivity contribution is -0.386. The minimum absolute atomic E-state index is 0.118. The molecular weight excluding hydrogens is 237 g/mol. The molecule has 7 heteroatoms. The molecule has 0 N–H and O–H groups in total. The van der Waals surface area contributed by atoms with Crippen molar-refractivity contribution in [3.8, 4) is 0 Å². The maximum Gasteiger partial charge on any atom is 0.423 e. The summed E-state index contributed by atoms with van der Waals surface area (Å²) in [5, 5.41) is 10.6. The molecule has 2 rings (SSSR count). The van der Waals surface area contributed by atoms with Crippen molar-refractivity contribution in [2.45, 2.75) is 6.18 Å². The third-order valence-corrected chi connectivity index (χ3v) is 2.24. The number of aromatic nitrogens is 1. The fourth-order valence-corrected chi connectivity index (χ4v) is 1.56. The van der Waals surface area contributed by atoms with Gasteiger partial charge in [-0.3, -0.25) is 15.1 Å². The average Bonchev–Trinajstić information content (AvgIpc) is 2.26. The molecule has 0 saturated heterocycles. The Morgan fingerprint density at radius 2 is 1.94 bits per heavy atom. The molecule has 4 nitrogen and oxygen atoms in total. The maximum absolute atomic E-state index is 12.6. The third-order valence-electron chi connectivity index (χ3n) is 2.24. The number of fused-ring (bicyclic) bond motifs is 1. The SMILES string of the molecule is O=[N+]([O-])c1c(C(F)(F)F)ccc2ncccc12. The number of nitrogens with zero attached hydrogens (tertiary/aromatic N) is 2. The molecule has 0 spiro atoms. The van der Waals surface area contributed by atoms with Crippen molar-refractivity contribution in [3.63, 3.8) is 0 Å². The molecule has 0 atom stereocenters. The summed E-state index contributed by atoms with van der Waals surface area (Å²) < 4.78 is 37.8. The molecule has 0 aliphatic heterocycles. The molecule has 0 fully saturated rings. The topological polar surface area (TPSA) is 56.0 Å². The normalized spacial score (nSPS) is 11.7. The Hall–Kier alpha value is -2.18. The van der Waals surface area contributed by atoms with Gasteiger partial charge in [-0.05, 0) is 24.3 Å². The van der Waals surface area contributed by atoms with Crippen molar-refractivity contribution in [1.82, 2.24) is 4.98 Å². The Morgan fingerprint density at radius 3 is 2.53 bits per heavy atom. The number of rotatable bonds is 1. The first-order valence-electron chi connectivity index (χ1n) is 4.50. The van der Waals surface area contributed by atoms with Gasteiger partial charge in [-0.15, -0.1) is 0 Å². The summed E-state index contributed by atoms with van der Waals surface area (Å²) >= 11 is 0. The lowest BCUT2D eigenvalue weighted by Crippen LogP contribution is -2.09. The van der Waals surface area contributed by atoms with Crippen LogP contribution in [0.4, 0.5) is 18.9 Å². The highest BCUT2D eigenvalue weighted by Crippen LogP contribution is 2.39. The predicted octanol–water partition coefficient (Wildman–Crippen LogP) is 3.16. The molecular formula is C10H5F3N2O2. The van der Waals surface area contributed by atoms with Crippen LogP contribution in [0.2, 0.25) is 0 Å². The molecule has 0 bridgehead atoms. The number of hydrogen-bond donors (Lipinski definition) is 0. The summed E-state index contributed by atoms with van der Waals surface area (Å²) in [7, 11) is 0. The van der Waals surface area contributed by atoms with E-state index in [0.717, 1.165) is 6.07 Å². The van der Waals surface area contributed by atoms with E-state index < -0.39 is 22.4 Å². The van der Waals surface area contributed by atoms with Gasteiger partial charge in [0.1, 0.15) is 5.56 Å². The summed E-state index contributed by atoms with van der Waals surface area (Å²) in [6, 6.07) is 4.39. The number of benzene rings is 1. The van der Waals surface area contributed by atoms with Crippen LogP contribution in [0.25, 0.3) is 10.9 Å². The van der Waals surface area contributed by atoms with Gasteiger partial charge in [0.25, 0.3) is 5.69 Å². The first-order valence-corrected chi connectivity index (χ1v) is 4.50. The Bertz CT molecular complexity index is 596. The van der Waals surface area contributed by atoms with Gasteiger partial charge in [0.05, 0.1) is 15.8 Å². The molecule has 0 radical (unpaired) electrons. The number of nitro benzene ring substituents is 1. The van der Waals surface area contributed by atoms with E-state index in [2.05, 4.69) is 4.98 Å². The quantitative estimate of drug-likeness (QED) is 0.570. The molecule has 17 heavy (non-hydrogen) atoms. The van der Waals surface area contributed by atoms with Gasteiger partial charge in [-0.1, -0.05) is 0 Å². The van der Waals surface area contributed by atoms with E-state index in [9.17, 15) is 23.3 Å². The van der Waals surface area contributed by atoms with E-state index in [1.165, 1.54) is 18.3 Å². The Kier molecular flexibility index (Phi) is 2.45. The van der Waals surface area contributed by atoms with Crippen LogP contribution >= 0.6 is 0 Å². The minimum atomic E-state index is -4.76. The van der Waals surface area contributed by atoms with Gasteiger partial charge < -0.3 is 0 Å². The summed E-state index contributed by atoms with van der Waals surface area (Å²) in [5.74, 6) is 0. The van der Waals surface area contributed by atoms with E-state index in [0.29, 0.717) is 6.07 Å². The lowest BCUT2D eigenvalue weighted by atomic mass is 10.1. The molecule has 88 valence electrons. The van der Waals surface area contributed by atoms with Crippen LogP contribution in [0.15, 0.2) is 30.5 Å². The van der Waals surface area contributed by atoms with Crippen molar-refractivity contribution >= 4 is 16.6 Å². The van der Waals surface area contributed by atoms with Crippen LogP contribution < -0.4 is 0 Å². The summed E-state index contributed by atoms with van der Waals surface area (Å²) in [6.45, 7) is 0. The number of alkyl halides is 3. The molecule has 0 aliphatic carbocycles. The lowest BCUT2D eigenvalue weighted by Gasteiger charge is -2.08. The van der Waals surface area contributed by atoms with Gasteiger partial charge in [-0.2, -0.15) is 13.2 Å². The van der Waals surface area contributed by atoms with Gasteiger partial charge in [-0.25, -0.2) is 0 Å². The molecule has 0 amide bonds. The first kappa shape index (κ1) is 11.3. The predicted molar refractivity (Wildman–Crippen MR) is 53.4 cm³/mol. The van der Waals surface area contributed by atoms with Gasteiger partial charge in [0, 0.05) is 6.20 Å². The first-order chi connectivity index (χ1) is 7.91. The fraction of sp³-hybridized carbons (Fsp3) is 0.100. The Labute approximate surface area is 92.8 Å². The van der Waals surface area contributed by atoms with E-state index >= 15 is 0 Å². The highest BCUT2D eigenvalue weighted by molar-refractivity contribution is 5.89. The summed E-state index contributed by atoms with van der Waals surface area (Å²) in [5.41, 5.74) is -2.06. The second kappa shape index (κ2) is 3.69. The van der Waals surface area contributed by atoms with E-state index in [-0.39, 0.29) is 10.9 Å². The van der Waals surface area contributed by atoms with Crippen LogP contribution in [0.5, 0.6) is 0 Å².